The van der Waals surface area contributed by atoms with E-state index in [1.54, 1.807) is 0 Å². The molecule has 0 aliphatic heterocycles. The Hall–Kier alpha value is -2.42. The summed E-state index contributed by atoms with van der Waals surface area (Å²) in [6.07, 6.45) is 1.66. The van der Waals surface area contributed by atoms with Crippen molar-refractivity contribution >= 4 is 5.69 Å². The van der Waals surface area contributed by atoms with Crippen LogP contribution in [0.1, 0.15) is 5.69 Å². The highest BCUT2D eigenvalue weighted by atomic mass is 19.2. The van der Waals surface area contributed by atoms with E-state index in [4.69, 9.17) is 5.73 Å². The van der Waals surface area contributed by atoms with Gasteiger partial charge in [0.15, 0.2) is 17.3 Å². The first-order valence-electron chi connectivity index (χ1n) is 5.28. The molecule has 1 heterocycles. The molecule has 0 atom stereocenters. The summed E-state index contributed by atoms with van der Waals surface area (Å²) in [5.74, 6) is -2.55. The van der Waals surface area contributed by atoms with Gasteiger partial charge in [0.25, 0.3) is 5.69 Å². The molecular formula is C10H9F2N5O2. The zero-order chi connectivity index (χ0) is 14.0. The van der Waals surface area contributed by atoms with Crippen LogP contribution in [-0.4, -0.2) is 26.5 Å². The van der Waals surface area contributed by atoms with E-state index in [0.717, 1.165) is 10.7 Å². The maximum atomic E-state index is 13.7. The average molecular weight is 269 g/mol. The fraction of sp³-hybridized carbons (Fsp3) is 0.200. The molecule has 1 aromatic heterocycles. The van der Waals surface area contributed by atoms with Gasteiger partial charge in [-0.1, -0.05) is 5.21 Å². The number of hydrogen-bond acceptors (Lipinski definition) is 5. The molecule has 0 spiro atoms. The Kier molecular flexibility index (Phi) is 3.47. The van der Waals surface area contributed by atoms with Crippen LogP contribution in [0.5, 0.6) is 0 Å². The number of halogens is 2. The largest absolute Gasteiger partial charge is 0.330 e. The van der Waals surface area contributed by atoms with Crippen LogP contribution in [0.2, 0.25) is 0 Å². The highest BCUT2D eigenvalue weighted by molar-refractivity contribution is 5.53. The number of benzene rings is 1. The number of nitro groups is 1. The van der Waals surface area contributed by atoms with Gasteiger partial charge in [-0.05, 0) is 12.6 Å². The second-order valence-electron chi connectivity index (χ2n) is 3.68. The SMILES string of the molecule is NCCc1cn(-c2c([N+](=O)[O-])ccc(F)c2F)nn1. The normalized spacial score (nSPS) is 10.7. The molecule has 100 valence electrons. The molecule has 0 aliphatic carbocycles. The van der Waals surface area contributed by atoms with Gasteiger partial charge in [0, 0.05) is 12.5 Å². The lowest BCUT2D eigenvalue weighted by Crippen LogP contribution is -2.06. The average Bonchev–Trinajstić information content (AvgIpc) is 2.81. The number of hydrogen-bond donors (Lipinski definition) is 1. The monoisotopic (exact) mass is 269 g/mol. The van der Waals surface area contributed by atoms with Crippen LogP contribution in [0, 0.1) is 21.7 Å². The summed E-state index contributed by atoms with van der Waals surface area (Å²) in [6.45, 7) is 0.298. The third-order valence-corrected chi connectivity index (χ3v) is 2.41. The second-order valence-corrected chi connectivity index (χ2v) is 3.68. The molecule has 2 N–H and O–H groups in total. The van der Waals surface area contributed by atoms with Crippen molar-refractivity contribution in [3.63, 3.8) is 0 Å². The number of rotatable bonds is 4. The van der Waals surface area contributed by atoms with Crippen LogP contribution in [0.3, 0.4) is 0 Å². The Balaban J connectivity index is 2.58. The molecule has 0 amide bonds. The lowest BCUT2D eigenvalue weighted by atomic mass is 10.2. The third kappa shape index (κ3) is 2.40. The number of nitrogens with zero attached hydrogens (tertiary/aromatic N) is 4. The first-order valence-corrected chi connectivity index (χ1v) is 5.28. The molecule has 0 saturated carbocycles. The van der Waals surface area contributed by atoms with Crippen LogP contribution in [0.15, 0.2) is 18.3 Å². The Labute approximate surface area is 105 Å². The van der Waals surface area contributed by atoms with E-state index in [1.807, 2.05) is 0 Å². The van der Waals surface area contributed by atoms with E-state index in [0.29, 0.717) is 24.7 Å². The smallest absolute Gasteiger partial charge is 0.298 e. The molecule has 0 saturated heterocycles. The van der Waals surface area contributed by atoms with E-state index < -0.39 is 27.9 Å². The lowest BCUT2D eigenvalue weighted by Gasteiger charge is -2.03. The Bertz CT molecular complexity index is 628. The molecule has 1 aromatic carbocycles. The van der Waals surface area contributed by atoms with E-state index in [1.165, 1.54) is 6.20 Å². The van der Waals surface area contributed by atoms with Crippen LogP contribution in [0.4, 0.5) is 14.5 Å². The summed E-state index contributed by atoms with van der Waals surface area (Å²) in [5.41, 5.74) is 4.58. The quantitative estimate of drug-likeness (QED) is 0.658. The predicted molar refractivity (Wildman–Crippen MR) is 60.7 cm³/mol. The maximum Gasteiger partial charge on any atom is 0.298 e. The van der Waals surface area contributed by atoms with Crippen molar-refractivity contribution in [1.29, 1.82) is 0 Å². The lowest BCUT2D eigenvalue weighted by molar-refractivity contribution is -0.384. The van der Waals surface area contributed by atoms with Crippen molar-refractivity contribution in [3.05, 3.63) is 45.8 Å². The number of nitro benzene ring substituents is 1. The summed E-state index contributed by atoms with van der Waals surface area (Å²) in [4.78, 5) is 10.0. The molecule has 19 heavy (non-hydrogen) atoms. The minimum atomic E-state index is -1.35. The molecule has 9 heteroatoms. The Morgan fingerprint density at radius 3 is 2.79 bits per heavy atom. The van der Waals surface area contributed by atoms with Gasteiger partial charge < -0.3 is 5.73 Å². The van der Waals surface area contributed by atoms with Gasteiger partial charge in [-0.15, -0.1) is 5.10 Å². The van der Waals surface area contributed by atoms with Gasteiger partial charge in [-0.2, -0.15) is 0 Å². The van der Waals surface area contributed by atoms with Crippen LogP contribution < -0.4 is 5.73 Å². The van der Waals surface area contributed by atoms with Crippen molar-refractivity contribution in [2.75, 3.05) is 6.54 Å². The van der Waals surface area contributed by atoms with E-state index in [9.17, 15) is 18.9 Å². The minimum absolute atomic E-state index is 0.298. The molecule has 7 nitrogen and oxygen atoms in total. The molecule has 0 unspecified atom stereocenters. The van der Waals surface area contributed by atoms with Crippen LogP contribution in [0.25, 0.3) is 5.69 Å². The number of nitrogens with two attached hydrogens (primary N) is 1. The minimum Gasteiger partial charge on any atom is -0.330 e. The van der Waals surface area contributed by atoms with Gasteiger partial charge in [-0.25, -0.2) is 13.5 Å². The van der Waals surface area contributed by atoms with Gasteiger partial charge in [0.05, 0.1) is 16.8 Å². The highest BCUT2D eigenvalue weighted by Gasteiger charge is 2.24. The van der Waals surface area contributed by atoms with Crippen LogP contribution in [-0.2, 0) is 6.42 Å². The molecule has 2 rings (SSSR count). The van der Waals surface area contributed by atoms with Gasteiger partial charge in [0.1, 0.15) is 0 Å². The highest BCUT2D eigenvalue weighted by Crippen LogP contribution is 2.26. The molecule has 0 aliphatic rings. The number of aromatic nitrogens is 3. The Morgan fingerprint density at radius 1 is 1.42 bits per heavy atom. The van der Waals surface area contributed by atoms with E-state index in [2.05, 4.69) is 10.3 Å². The summed E-state index contributed by atoms with van der Waals surface area (Å²) < 4.78 is 27.7. The summed E-state index contributed by atoms with van der Waals surface area (Å²) in [7, 11) is 0. The van der Waals surface area contributed by atoms with E-state index in [-0.39, 0.29) is 0 Å². The fourth-order valence-corrected chi connectivity index (χ4v) is 1.57. The van der Waals surface area contributed by atoms with Crippen molar-refractivity contribution in [1.82, 2.24) is 15.0 Å². The summed E-state index contributed by atoms with van der Waals surface area (Å²) in [5, 5.41) is 18.1. The zero-order valence-electron chi connectivity index (χ0n) is 9.58. The topological polar surface area (TPSA) is 99.9 Å². The maximum absolute atomic E-state index is 13.7. The molecule has 0 bridgehead atoms. The first-order chi connectivity index (χ1) is 9.04. The summed E-state index contributed by atoms with van der Waals surface area (Å²) in [6, 6.07) is 1.56. The molecule has 2 aromatic rings. The molecule has 0 radical (unpaired) electrons. The predicted octanol–water partition coefficient (Wildman–Crippen LogP) is 0.955. The fourth-order valence-electron chi connectivity index (χ4n) is 1.57. The van der Waals surface area contributed by atoms with Crippen molar-refractivity contribution < 1.29 is 13.7 Å². The first kappa shape index (κ1) is 13.0. The van der Waals surface area contributed by atoms with Gasteiger partial charge in [-0.3, -0.25) is 10.1 Å². The van der Waals surface area contributed by atoms with Gasteiger partial charge in [0.2, 0.25) is 0 Å². The molecular weight excluding hydrogens is 260 g/mol. The van der Waals surface area contributed by atoms with Crippen LogP contribution >= 0.6 is 0 Å². The van der Waals surface area contributed by atoms with Crippen molar-refractivity contribution in [2.24, 2.45) is 5.73 Å². The summed E-state index contributed by atoms with van der Waals surface area (Å²) >= 11 is 0. The van der Waals surface area contributed by atoms with Gasteiger partial charge >= 0.3 is 0 Å². The van der Waals surface area contributed by atoms with E-state index >= 15 is 0 Å². The standard InChI is InChI=1S/C10H9F2N5O2/c11-7-1-2-8(17(18)19)10(9(7)12)16-5-6(3-4-13)14-15-16/h1-2,5H,3-4,13H2. The zero-order valence-corrected chi connectivity index (χ0v) is 9.58. The second kappa shape index (κ2) is 5.06. The molecule has 0 fully saturated rings. The van der Waals surface area contributed by atoms with Crippen molar-refractivity contribution in [3.8, 4) is 5.69 Å². The van der Waals surface area contributed by atoms with Crippen molar-refractivity contribution in [2.45, 2.75) is 6.42 Å². The Morgan fingerprint density at radius 2 is 2.16 bits per heavy atom. The third-order valence-electron chi connectivity index (χ3n) is 2.41.